The summed E-state index contributed by atoms with van der Waals surface area (Å²) in [4.78, 5) is 24.0. The fourth-order valence-electron chi connectivity index (χ4n) is 2.80. The van der Waals surface area contributed by atoms with Gasteiger partial charge in [-0.1, -0.05) is 12.2 Å². The molecular formula is C22H19N7O3. The van der Waals surface area contributed by atoms with Crippen molar-refractivity contribution in [1.82, 2.24) is 0 Å². The van der Waals surface area contributed by atoms with Crippen LogP contribution in [0.4, 0.5) is 28.4 Å². The number of nitro groups is 1. The van der Waals surface area contributed by atoms with Crippen molar-refractivity contribution in [2.45, 2.75) is 6.92 Å². The van der Waals surface area contributed by atoms with Crippen LogP contribution in [-0.2, 0) is 4.79 Å². The first-order chi connectivity index (χ1) is 15.3. The standard InChI is InChI=1S/C22H19N7O3/c1-4-8-28(9-5-2)18-6-7-20(21(12-18)25-15(3)30)26-27-22-16(13-23)10-19(29(31)32)11-17(22)14-24/h4-7,10-12H,1-2,8-9H2,3H3,(H,25,30). The molecule has 10 nitrogen and oxygen atoms in total. The summed E-state index contributed by atoms with van der Waals surface area (Å²) in [5, 5.41) is 40.5. The van der Waals surface area contributed by atoms with Gasteiger partial charge in [0, 0.05) is 37.8 Å². The number of nitriles is 2. The molecule has 0 aliphatic carbocycles. The minimum absolute atomic E-state index is 0.0987. The molecule has 0 bridgehead atoms. The average molecular weight is 429 g/mol. The number of benzene rings is 2. The van der Waals surface area contributed by atoms with E-state index in [0.29, 0.717) is 18.8 Å². The summed E-state index contributed by atoms with van der Waals surface area (Å²) in [5.74, 6) is -0.330. The third-order valence-electron chi connectivity index (χ3n) is 4.16. The maximum atomic E-state index is 11.7. The van der Waals surface area contributed by atoms with Crippen LogP contribution in [0.5, 0.6) is 0 Å². The third kappa shape index (κ3) is 5.62. The molecule has 0 unspecified atom stereocenters. The third-order valence-corrected chi connectivity index (χ3v) is 4.16. The van der Waals surface area contributed by atoms with Crippen molar-refractivity contribution in [3.8, 4) is 12.1 Å². The van der Waals surface area contributed by atoms with E-state index in [4.69, 9.17) is 0 Å². The number of nitrogens with zero attached hydrogens (tertiary/aromatic N) is 6. The molecule has 0 aliphatic rings. The highest BCUT2D eigenvalue weighted by Crippen LogP contribution is 2.34. The quantitative estimate of drug-likeness (QED) is 0.260. The monoisotopic (exact) mass is 429 g/mol. The molecule has 32 heavy (non-hydrogen) atoms. The lowest BCUT2D eigenvalue weighted by molar-refractivity contribution is -0.384. The van der Waals surface area contributed by atoms with Crippen LogP contribution in [0.2, 0.25) is 0 Å². The zero-order chi connectivity index (χ0) is 23.7. The van der Waals surface area contributed by atoms with Gasteiger partial charge >= 0.3 is 0 Å². The number of non-ortho nitro benzene ring substituents is 1. The molecule has 0 heterocycles. The van der Waals surface area contributed by atoms with Crippen LogP contribution in [0.3, 0.4) is 0 Å². The Bertz CT molecular complexity index is 1140. The second-order valence-corrected chi connectivity index (χ2v) is 6.44. The van der Waals surface area contributed by atoms with E-state index in [0.717, 1.165) is 17.8 Å². The van der Waals surface area contributed by atoms with Gasteiger partial charge in [0.25, 0.3) is 5.69 Å². The van der Waals surface area contributed by atoms with Gasteiger partial charge in [0.2, 0.25) is 5.91 Å². The first kappa shape index (κ1) is 23.4. The molecule has 2 aromatic rings. The minimum Gasteiger partial charge on any atom is -0.364 e. The first-order valence-electron chi connectivity index (χ1n) is 9.27. The van der Waals surface area contributed by atoms with Crippen molar-refractivity contribution >= 4 is 34.3 Å². The SMILES string of the molecule is C=CCN(CC=C)c1ccc(N=Nc2c(C#N)cc([N+](=O)[O-])cc2C#N)c(NC(C)=O)c1. The van der Waals surface area contributed by atoms with Gasteiger partial charge in [-0.25, -0.2) is 0 Å². The molecule has 0 saturated carbocycles. The van der Waals surface area contributed by atoms with Gasteiger partial charge in [-0.3, -0.25) is 14.9 Å². The minimum atomic E-state index is -0.700. The molecule has 160 valence electrons. The summed E-state index contributed by atoms with van der Waals surface area (Å²) in [6.45, 7) is 9.91. The summed E-state index contributed by atoms with van der Waals surface area (Å²) in [6, 6.07) is 10.7. The zero-order valence-electron chi connectivity index (χ0n) is 17.3. The van der Waals surface area contributed by atoms with E-state index >= 15 is 0 Å². The Morgan fingerprint density at radius 3 is 2.22 bits per heavy atom. The Labute approximate surface area is 184 Å². The molecule has 0 spiro atoms. The first-order valence-corrected chi connectivity index (χ1v) is 9.27. The maximum absolute atomic E-state index is 11.7. The molecule has 0 aliphatic heterocycles. The summed E-state index contributed by atoms with van der Waals surface area (Å²) >= 11 is 0. The van der Waals surface area contributed by atoms with Gasteiger partial charge in [-0.2, -0.15) is 10.5 Å². The summed E-state index contributed by atoms with van der Waals surface area (Å²) in [6.07, 6.45) is 3.47. The van der Waals surface area contributed by atoms with Gasteiger partial charge in [-0.05, 0) is 18.2 Å². The summed E-state index contributed by atoms with van der Waals surface area (Å²) < 4.78 is 0. The number of hydrogen-bond donors (Lipinski definition) is 1. The smallest absolute Gasteiger partial charge is 0.272 e. The van der Waals surface area contributed by atoms with E-state index in [1.54, 1.807) is 42.5 Å². The van der Waals surface area contributed by atoms with Crippen LogP contribution in [-0.4, -0.2) is 23.9 Å². The van der Waals surface area contributed by atoms with Crippen molar-refractivity contribution < 1.29 is 9.72 Å². The Morgan fingerprint density at radius 2 is 1.75 bits per heavy atom. The van der Waals surface area contributed by atoms with E-state index in [9.17, 15) is 25.4 Å². The molecule has 0 fully saturated rings. The van der Waals surface area contributed by atoms with Crippen LogP contribution in [0.25, 0.3) is 0 Å². The number of nitrogens with one attached hydrogen (secondary N) is 1. The number of carbonyl (C=O) groups excluding carboxylic acids is 1. The van der Waals surface area contributed by atoms with E-state index in [1.807, 2.05) is 4.90 Å². The van der Waals surface area contributed by atoms with Gasteiger partial charge in [-0.15, -0.1) is 23.4 Å². The zero-order valence-corrected chi connectivity index (χ0v) is 17.3. The lowest BCUT2D eigenvalue weighted by Gasteiger charge is -2.22. The largest absolute Gasteiger partial charge is 0.364 e. The van der Waals surface area contributed by atoms with Gasteiger partial charge in [0.15, 0.2) is 0 Å². The normalized spacial score (nSPS) is 10.1. The van der Waals surface area contributed by atoms with E-state index in [1.165, 1.54) is 6.92 Å². The molecule has 2 aromatic carbocycles. The predicted molar refractivity (Wildman–Crippen MR) is 120 cm³/mol. The number of amides is 1. The second-order valence-electron chi connectivity index (χ2n) is 6.44. The number of nitro benzene ring substituents is 1. The van der Waals surface area contributed by atoms with Crippen molar-refractivity contribution in [3.63, 3.8) is 0 Å². The Hall–Kier alpha value is -4.83. The number of azo groups is 1. The topological polar surface area (TPSA) is 148 Å². The molecule has 0 atom stereocenters. The molecule has 1 N–H and O–H groups in total. The highest BCUT2D eigenvalue weighted by molar-refractivity contribution is 5.93. The molecule has 0 saturated heterocycles. The van der Waals surface area contributed by atoms with E-state index in [2.05, 4.69) is 28.7 Å². The molecule has 10 heteroatoms. The Kier molecular flexibility index (Phi) is 7.92. The molecular weight excluding hydrogens is 410 g/mol. The van der Waals surface area contributed by atoms with Crippen molar-refractivity contribution in [3.05, 3.63) is 76.9 Å². The molecule has 1 amide bonds. The highest BCUT2D eigenvalue weighted by Gasteiger charge is 2.17. The van der Waals surface area contributed by atoms with Crippen molar-refractivity contribution in [2.24, 2.45) is 10.2 Å². The van der Waals surface area contributed by atoms with Crippen LogP contribution in [0.1, 0.15) is 18.1 Å². The van der Waals surface area contributed by atoms with Gasteiger partial charge in [0.1, 0.15) is 23.5 Å². The van der Waals surface area contributed by atoms with Gasteiger partial charge < -0.3 is 10.2 Å². The number of anilines is 2. The summed E-state index contributed by atoms with van der Waals surface area (Å²) in [7, 11) is 0. The fourth-order valence-corrected chi connectivity index (χ4v) is 2.80. The van der Waals surface area contributed by atoms with E-state index in [-0.39, 0.29) is 28.4 Å². The van der Waals surface area contributed by atoms with Crippen molar-refractivity contribution in [1.29, 1.82) is 10.5 Å². The predicted octanol–water partition coefficient (Wildman–Crippen LogP) is 4.89. The molecule has 2 rings (SSSR count). The second kappa shape index (κ2) is 10.8. The van der Waals surface area contributed by atoms with Crippen molar-refractivity contribution in [2.75, 3.05) is 23.3 Å². The van der Waals surface area contributed by atoms with Gasteiger partial charge in [0.05, 0.1) is 21.7 Å². The Balaban J connectivity index is 2.57. The number of rotatable bonds is 9. The van der Waals surface area contributed by atoms with Crippen LogP contribution >= 0.6 is 0 Å². The highest BCUT2D eigenvalue weighted by atomic mass is 16.6. The summed E-state index contributed by atoms with van der Waals surface area (Å²) in [5.41, 5.74) is 0.574. The number of hydrogen-bond acceptors (Lipinski definition) is 8. The van der Waals surface area contributed by atoms with Crippen LogP contribution in [0, 0.1) is 32.8 Å². The van der Waals surface area contributed by atoms with Crippen LogP contribution < -0.4 is 10.2 Å². The Morgan fingerprint density at radius 1 is 1.16 bits per heavy atom. The average Bonchev–Trinajstić information content (AvgIpc) is 2.77. The lowest BCUT2D eigenvalue weighted by Crippen LogP contribution is -2.23. The van der Waals surface area contributed by atoms with Crippen LogP contribution in [0.15, 0.2) is 65.9 Å². The fraction of sp³-hybridized carbons (Fsp3) is 0.136. The van der Waals surface area contributed by atoms with E-state index < -0.39 is 10.6 Å². The molecule has 0 radical (unpaired) electrons. The maximum Gasteiger partial charge on any atom is 0.272 e. The number of carbonyl (C=O) groups is 1. The molecule has 0 aromatic heterocycles. The lowest BCUT2D eigenvalue weighted by atomic mass is 10.1.